The van der Waals surface area contributed by atoms with Crippen molar-refractivity contribution in [3.8, 4) is 23.0 Å². The minimum atomic E-state index is -0.680. The molecule has 0 saturated carbocycles. The first-order valence-electron chi connectivity index (χ1n) is 9.77. The van der Waals surface area contributed by atoms with E-state index in [1.54, 1.807) is 6.07 Å². The van der Waals surface area contributed by atoms with Crippen LogP contribution in [0.2, 0.25) is 5.02 Å². The summed E-state index contributed by atoms with van der Waals surface area (Å²) in [5.41, 5.74) is 1.82. The fraction of sp³-hybridized carbons (Fsp3) is 0.304. The standard InChI is InChI=1S/C23H21ClO7/c1-27-19-8-12(9-20(28-2)21(19)29-3)22(25)31-18-11-17-15(10-16(18)24)13-6-4-5-7-14(13)23(26)30-17/h8-11H,4-7H2,1-3H3. The highest BCUT2D eigenvalue weighted by Gasteiger charge is 2.22. The van der Waals surface area contributed by atoms with E-state index in [0.29, 0.717) is 34.8 Å². The third kappa shape index (κ3) is 3.81. The maximum Gasteiger partial charge on any atom is 0.343 e. The van der Waals surface area contributed by atoms with Crippen LogP contribution in [0.5, 0.6) is 23.0 Å². The summed E-state index contributed by atoms with van der Waals surface area (Å²) in [5.74, 6) is 0.400. The number of methoxy groups -OCH3 is 3. The predicted octanol–water partition coefficient (Wildman–Crippen LogP) is 4.57. The van der Waals surface area contributed by atoms with Gasteiger partial charge in [-0.05, 0) is 49.4 Å². The molecule has 0 N–H and O–H groups in total. The van der Waals surface area contributed by atoms with Gasteiger partial charge in [0, 0.05) is 17.0 Å². The quantitative estimate of drug-likeness (QED) is 0.323. The normalized spacial score (nSPS) is 12.9. The lowest BCUT2D eigenvalue weighted by Gasteiger charge is -2.17. The molecule has 7 nitrogen and oxygen atoms in total. The van der Waals surface area contributed by atoms with Crippen molar-refractivity contribution < 1.29 is 28.2 Å². The lowest BCUT2D eigenvalue weighted by molar-refractivity contribution is 0.0734. The van der Waals surface area contributed by atoms with Gasteiger partial charge >= 0.3 is 11.6 Å². The summed E-state index contributed by atoms with van der Waals surface area (Å²) in [7, 11) is 4.38. The largest absolute Gasteiger partial charge is 0.493 e. The van der Waals surface area contributed by atoms with Crippen LogP contribution in [0.4, 0.5) is 0 Å². The molecular formula is C23H21ClO7. The van der Waals surface area contributed by atoms with Gasteiger partial charge in [0.1, 0.15) is 5.58 Å². The van der Waals surface area contributed by atoms with Gasteiger partial charge in [0.05, 0.1) is 31.9 Å². The molecule has 0 fully saturated rings. The van der Waals surface area contributed by atoms with E-state index >= 15 is 0 Å². The molecule has 8 heteroatoms. The molecule has 162 valence electrons. The van der Waals surface area contributed by atoms with Crippen LogP contribution in [0.25, 0.3) is 11.0 Å². The van der Waals surface area contributed by atoms with Crippen LogP contribution >= 0.6 is 11.6 Å². The molecule has 0 amide bonds. The highest BCUT2D eigenvalue weighted by atomic mass is 35.5. The molecule has 4 rings (SSSR count). The Kier molecular flexibility index (Phi) is 5.78. The molecule has 3 aromatic rings. The Hall–Kier alpha value is -3.19. The first-order chi connectivity index (χ1) is 15.0. The van der Waals surface area contributed by atoms with Crippen LogP contribution in [0.3, 0.4) is 0 Å². The van der Waals surface area contributed by atoms with Gasteiger partial charge in [-0.2, -0.15) is 0 Å². The molecule has 0 bridgehead atoms. The Morgan fingerprint density at radius 2 is 1.55 bits per heavy atom. The number of halogens is 1. The summed E-state index contributed by atoms with van der Waals surface area (Å²) in [5, 5.41) is 1.02. The van der Waals surface area contributed by atoms with Crippen molar-refractivity contribution in [1.82, 2.24) is 0 Å². The van der Waals surface area contributed by atoms with Crippen molar-refractivity contribution >= 4 is 28.5 Å². The second kappa shape index (κ2) is 8.51. The number of carbonyl (C=O) groups excluding carboxylic acids is 1. The summed E-state index contributed by atoms with van der Waals surface area (Å²) in [6, 6.07) is 6.12. The van der Waals surface area contributed by atoms with Gasteiger partial charge in [-0.15, -0.1) is 0 Å². The van der Waals surface area contributed by atoms with E-state index < -0.39 is 5.97 Å². The van der Waals surface area contributed by atoms with E-state index in [2.05, 4.69) is 0 Å². The van der Waals surface area contributed by atoms with Crippen molar-refractivity contribution in [2.24, 2.45) is 0 Å². The molecular weight excluding hydrogens is 424 g/mol. The average molecular weight is 445 g/mol. The minimum Gasteiger partial charge on any atom is -0.493 e. The second-order valence-corrected chi connectivity index (χ2v) is 7.54. The van der Waals surface area contributed by atoms with Gasteiger partial charge in [-0.1, -0.05) is 11.6 Å². The zero-order valence-electron chi connectivity index (χ0n) is 17.4. The highest BCUT2D eigenvalue weighted by Crippen LogP contribution is 2.39. The number of esters is 1. The molecule has 1 heterocycles. The predicted molar refractivity (Wildman–Crippen MR) is 115 cm³/mol. The van der Waals surface area contributed by atoms with Crippen LogP contribution in [0.1, 0.15) is 34.3 Å². The number of ether oxygens (including phenoxy) is 4. The first kappa shape index (κ1) is 21.1. The maximum absolute atomic E-state index is 12.8. The maximum atomic E-state index is 12.8. The Balaban J connectivity index is 1.73. The molecule has 0 radical (unpaired) electrons. The van der Waals surface area contributed by atoms with Crippen molar-refractivity contribution in [3.63, 3.8) is 0 Å². The van der Waals surface area contributed by atoms with Gasteiger partial charge in [0.15, 0.2) is 17.2 Å². The monoisotopic (exact) mass is 444 g/mol. The van der Waals surface area contributed by atoms with Gasteiger partial charge < -0.3 is 23.4 Å². The summed E-state index contributed by atoms with van der Waals surface area (Å²) < 4.78 is 26.8. The average Bonchev–Trinajstić information content (AvgIpc) is 2.79. The molecule has 2 aromatic carbocycles. The Labute approximate surface area is 183 Å². The lowest BCUT2D eigenvalue weighted by Crippen LogP contribution is -2.16. The van der Waals surface area contributed by atoms with E-state index in [9.17, 15) is 9.59 Å². The summed E-state index contributed by atoms with van der Waals surface area (Å²) in [4.78, 5) is 25.2. The van der Waals surface area contributed by atoms with E-state index in [-0.39, 0.29) is 22.0 Å². The van der Waals surface area contributed by atoms with Crippen LogP contribution < -0.4 is 24.6 Å². The molecule has 0 atom stereocenters. The molecule has 1 aliphatic carbocycles. The van der Waals surface area contributed by atoms with E-state index in [1.165, 1.54) is 39.5 Å². The van der Waals surface area contributed by atoms with Crippen LogP contribution in [-0.2, 0) is 12.8 Å². The zero-order valence-corrected chi connectivity index (χ0v) is 18.1. The number of carbonyl (C=O) groups is 1. The Morgan fingerprint density at radius 3 is 2.16 bits per heavy atom. The number of fused-ring (bicyclic) bond motifs is 3. The van der Waals surface area contributed by atoms with Crippen molar-refractivity contribution in [2.75, 3.05) is 21.3 Å². The lowest BCUT2D eigenvalue weighted by atomic mass is 9.91. The fourth-order valence-corrected chi connectivity index (χ4v) is 4.08. The van der Waals surface area contributed by atoms with Gasteiger partial charge in [-0.3, -0.25) is 0 Å². The van der Waals surface area contributed by atoms with E-state index in [0.717, 1.165) is 30.2 Å². The number of rotatable bonds is 5. The SMILES string of the molecule is COc1cc(C(=O)Oc2cc3oc(=O)c4c(c3cc2Cl)CCCC4)cc(OC)c1OC. The van der Waals surface area contributed by atoms with E-state index in [1.807, 2.05) is 0 Å². The van der Waals surface area contributed by atoms with Crippen LogP contribution in [0, 0.1) is 0 Å². The topological polar surface area (TPSA) is 84.2 Å². The molecule has 31 heavy (non-hydrogen) atoms. The van der Waals surface area contributed by atoms with Crippen LogP contribution in [0.15, 0.2) is 33.5 Å². The fourth-order valence-electron chi connectivity index (χ4n) is 3.88. The molecule has 1 aromatic heterocycles. The number of aryl methyl sites for hydroxylation is 1. The molecule has 0 spiro atoms. The first-order valence-corrected chi connectivity index (χ1v) is 10.1. The van der Waals surface area contributed by atoms with Crippen molar-refractivity contribution in [1.29, 1.82) is 0 Å². The number of hydrogen-bond donors (Lipinski definition) is 0. The molecule has 0 aliphatic heterocycles. The van der Waals surface area contributed by atoms with Crippen molar-refractivity contribution in [3.05, 3.63) is 56.4 Å². The van der Waals surface area contributed by atoms with Crippen molar-refractivity contribution in [2.45, 2.75) is 25.7 Å². The van der Waals surface area contributed by atoms with Gasteiger partial charge in [0.25, 0.3) is 0 Å². The molecule has 0 unspecified atom stereocenters. The Bertz CT molecular complexity index is 1200. The third-order valence-corrected chi connectivity index (χ3v) is 5.67. The Morgan fingerprint density at radius 1 is 0.903 bits per heavy atom. The molecule has 1 aliphatic rings. The second-order valence-electron chi connectivity index (χ2n) is 7.14. The minimum absolute atomic E-state index is 0.0897. The molecule has 0 saturated heterocycles. The summed E-state index contributed by atoms with van der Waals surface area (Å²) >= 11 is 6.42. The van der Waals surface area contributed by atoms with Crippen LogP contribution in [-0.4, -0.2) is 27.3 Å². The smallest absolute Gasteiger partial charge is 0.343 e. The zero-order chi connectivity index (χ0) is 22.1. The number of hydrogen-bond acceptors (Lipinski definition) is 7. The third-order valence-electron chi connectivity index (χ3n) is 5.38. The summed E-state index contributed by atoms with van der Waals surface area (Å²) in [6.07, 6.45) is 3.45. The summed E-state index contributed by atoms with van der Waals surface area (Å²) in [6.45, 7) is 0. The highest BCUT2D eigenvalue weighted by molar-refractivity contribution is 6.33. The number of benzene rings is 2. The van der Waals surface area contributed by atoms with E-state index in [4.69, 9.17) is 35.0 Å². The van der Waals surface area contributed by atoms with Gasteiger partial charge in [-0.25, -0.2) is 9.59 Å². The van der Waals surface area contributed by atoms with Gasteiger partial charge in [0.2, 0.25) is 5.75 Å².